The van der Waals surface area contributed by atoms with Gasteiger partial charge >= 0.3 is 72.7 Å². The van der Waals surface area contributed by atoms with Gasteiger partial charge in [-0.3, -0.25) is 0 Å². The van der Waals surface area contributed by atoms with E-state index in [9.17, 15) is 79.0 Å². The molecule has 0 aliphatic rings. The first-order chi connectivity index (χ1) is 17.5. The quantitative estimate of drug-likeness (QED) is 0.100. The van der Waals surface area contributed by atoms with Crippen molar-refractivity contribution in [3.8, 4) is 0 Å². The molecule has 0 spiro atoms. The van der Waals surface area contributed by atoms with Gasteiger partial charge in [0.15, 0.2) is 4.13 Å². The van der Waals surface area contributed by atoms with Crippen LogP contribution in [0.5, 0.6) is 0 Å². The Labute approximate surface area is 243 Å². The molecule has 0 saturated carbocycles. The number of thiol groups is 1. The van der Waals surface area contributed by atoms with Crippen LogP contribution in [0.25, 0.3) is 0 Å². The SMILES string of the molecule is FC(F)(F)c1[c]c(C(F)(F)F)cc(C(F)(F)F)c1.FC(F)(F)c1[c]c(C(F)(F)F)cc(C(F)(F)F)c1.[N]=[S+][N]S.[Sn+2]. The summed E-state index contributed by atoms with van der Waals surface area (Å²) in [5.74, 6) is 0. The van der Waals surface area contributed by atoms with E-state index in [1.165, 1.54) is 0 Å². The van der Waals surface area contributed by atoms with Crippen LogP contribution in [-0.4, -0.2) is 23.9 Å². The number of hydrogen-bond donors (Lipinski definition) is 1. The molecule has 0 atom stereocenters. The van der Waals surface area contributed by atoms with E-state index >= 15 is 0 Å². The zero-order valence-electron chi connectivity index (χ0n) is 18.4. The number of hydrogen-bond acceptors (Lipinski definition) is 1. The summed E-state index contributed by atoms with van der Waals surface area (Å²) in [4.78, 5) is 0. The van der Waals surface area contributed by atoms with Crippen LogP contribution in [0.3, 0.4) is 0 Å². The molecule has 0 heterocycles. The minimum absolute atomic E-state index is 0. The summed E-state index contributed by atoms with van der Waals surface area (Å²) in [6, 6.07) is 0.0881. The van der Waals surface area contributed by atoms with Crippen LogP contribution in [0.1, 0.15) is 33.4 Å². The summed E-state index contributed by atoms with van der Waals surface area (Å²) in [6.07, 6.45) is -32.0. The summed E-state index contributed by atoms with van der Waals surface area (Å²) in [5, 5.41) is 0. The van der Waals surface area contributed by atoms with E-state index in [-0.39, 0.29) is 23.9 Å². The first-order valence-electron chi connectivity index (χ1n) is 8.78. The Morgan fingerprint density at radius 2 is 0.659 bits per heavy atom. The smallest absolute Gasteiger partial charge is 0.166 e. The van der Waals surface area contributed by atoms with Crippen LogP contribution in [-0.2, 0) is 48.8 Å². The molecular weight excluding hydrogens is 769 g/mol. The van der Waals surface area contributed by atoms with Crippen molar-refractivity contribution in [2.45, 2.75) is 37.1 Å². The molecule has 0 aromatic heterocycles. The second kappa shape index (κ2) is 14.7. The number of alkyl halides is 18. The molecule has 0 aliphatic carbocycles. The number of rotatable bonds is 1. The van der Waals surface area contributed by atoms with E-state index in [0.29, 0.717) is 11.7 Å². The maximum Gasteiger partial charge on any atom is 2.00 e. The maximum absolute atomic E-state index is 12.2. The summed E-state index contributed by atoms with van der Waals surface area (Å²) in [6.45, 7) is 0. The average Bonchev–Trinajstić information content (AvgIpc) is 2.75. The second-order valence-electron chi connectivity index (χ2n) is 6.54. The Morgan fingerprint density at radius 3 is 0.756 bits per heavy atom. The third kappa shape index (κ3) is 14.4. The molecule has 0 N–H and O–H groups in total. The molecule has 41 heavy (non-hydrogen) atoms. The van der Waals surface area contributed by atoms with Crippen molar-refractivity contribution in [1.82, 2.24) is 8.91 Å². The van der Waals surface area contributed by atoms with E-state index in [0.717, 1.165) is 12.1 Å². The predicted molar refractivity (Wildman–Crippen MR) is 107 cm³/mol. The Bertz CT molecular complexity index is 888. The van der Waals surface area contributed by atoms with E-state index < -0.39 is 94.7 Å². The first-order valence-corrected chi connectivity index (χ1v) is 9.91. The van der Waals surface area contributed by atoms with Gasteiger partial charge in [0.25, 0.3) is 0 Å². The van der Waals surface area contributed by atoms with Crippen LogP contribution >= 0.6 is 12.8 Å². The molecule has 0 saturated heterocycles. The van der Waals surface area contributed by atoms with Crippen molar-refractivity contribution < 1.29 is 79.0 Å². The molecule has 2 aromatic carbocycles. The monoisotopic (exact) mass is 775 g/mol. The molecule has 226 valence electrons. The summed E-state index contributed by atoms with van der Waals surface area (Å²) >= 11 is 3.60. The Hall–Kier alpha value is -1.69. The zero-order chi connectivity index (χ0) is 32.1. The molecule has 0 unspecified atom stereocenters. The third-order valence-corrected chi connectivity index (χ3v) is 3.94. The maximum atomic E-state index is 12.2. The van der Waals surface area contributed by atoms with Crippen LogP contribution < -0.4 is 8.91 Å². The minimum atomic E-state index is -5.35. The standard InChI is InChI=1S/2C9H2F9.HN2S2.Sn/c2*10-7(11,12)4-1-5(8(13,14)15)3-6(2-4)9(16,17)18;1-4-2-3;/h2*1-2H;3H;/q;;+1;+2. The summed E-state index contributed by atoms with van der Waals surface area (Å²) < 4.78 is 229. The summed E-state index contributed by atoms with van der Waals surface area (Å²) in [7, 11) is 0. The molecule has 2 nitrogen and oxygen atoms in total. The van der Waals surface area contributed by atoms with E-state index in [1.54, 1.807) is 0 Å². The van der Waals surface area contributed by atoms with Crippen LogP contribution in [0, 0.1) is 12.1 Å². The fourth-order valence-corrected chi connectivity index (χ4v) is 2.08. The van der Waals surface area contributed by atoms with Gasteiger partial charge in [-0.15, -0.1) is 0 Å². The van der Waals surface area contributed by atoms with Crippen molar-refractivity contribution in [2.24, 2.45) is 0 Å². The van der Waals surface area contributed by atoms with E-state index in [4.69, 9.17) is 4.78 Å². The van der Waals surface area contributed by atoms with Crippen molar-refractivity contribution in [2.75, 3.05) is 0 Å². The van der Waals surface area contributed by atoms with E-state index in [2.05, 4.69) is 16.9 Å². The molecule has 23 heteroatoms. The molecule has 2 aromatic rings. The van der Waals surface area contributed by atoms with Crippen LogP contribution in [0.15, 0.2) is 24.3 Å². The van der Waals surface area contributed by atoms with E-state index in [1.807, 2.05) is 0 Å². The van der Waals surface area contributed by atoms with Gasteiger partial charge in [-0.1, -0.05) is 0 Å². The second-order valence-corrected chi connectivity index (χ2v) is 7.36. The summed E-state index contributed by atoms with van der Waals surface area (Å²) in [5.41, 5.74) is -12.5. The molecular formula is C18H5F18N2S2Sn+3. The van der Waals surface area contributed by atoms with Gasteiger partial charge in [0.2, 0.25) is 4.78 Å². The fourth-order valence-electron chi connectivity index (χ4n) is 2.08. The molecule has 0 bridgehead atoms. The van der Waals surface area contributed by atoms with Gasteiger partial charge in [-0.2, -0.15) is 79.0 Å². The van der Waals surface area contributed by atoms with Crippen molar-refractivity contribution in [3.05, 3.63) is 69.8 Å². The zero-order valence-corrected chi connectivity index (χ0v) is 22.9. The molecule has 2 rings (SSSR count). The Balaban J connectivity index is 0. The first kappa shape index (κ1) is 41.4. The van der Waals surface area contributed by atoms with Gasteiger partial charge in [0, 0.05) is 12.1 Å². The Kier molecular flexibility index (Phi) is 14.8. The van der Waals surface area contributed by atoms with Gasteiger partial charge < -0.3 is 0 Å². The molecule has 6 radical (unpaired) electrons. The van der Waals surface area contributed by atoms with Crippen molar-refractivity contribution >= 4 is 48.5 Å². The number of halogens is 18. The molecule has 0 aliphatic heterocycles. The molecule has 0 amide bonds. The van der Waals surface area contributed by atoms with Gasteiger partial charge in [0.05, 0.1) is 33.4 Å². The van der Waals surface area contributed by atoms with Crippen molar-refractivity contribution in [1.29, 1.82) is 0 Å². The largest absolute Gasteiger partial charge is 2.00 e. The fraction of sp³-hybridized carbons (Fsp3) is 0.333. The normalized spacial score (nSPS) is 12.8. The molecule has 0 fully saturated rings. The van der Waals surface area contributed by atoms with Gasteiger partial charge in [-0.05, 0) is 37.1 Å². The third-order valence-electron chi connectivity index (χ3n) is 3.65. The van der Waals surface area contributed by atoms with Crippen molar-refractivity contribution in [3.63, 3.8) is 0 Å². The number of benzene rings is 2. The Morgan fingerprint density at radius 1 is 0.488 bits per heavy atom. The minimum Gasteiger partial charge on any atom is -0.166 e. The number of nitrogens with zero attached hydrogens (tertiary/aromatic N) is 2. The average molecular weight is 774 g/mol. The van der Waals surface area contributed by atoms with Gasteiger partial charge in [0.1, 0.15) is 0 Å². The van der Waals surface area contributed by atoms with Crippen LogP contribution in [0.4, 0.5) is 79.0 Å². The van der Waals surface area contributed by atoms with Gasteiger partial charge in [-0.25, -0.2) is 0 Å². The topological polar surface area (TPSA) is 36.4 Å². The van der Waals surface area contributed by atoms with Crippen LogP contribution in [0.2, 0.25) is 0 Å². The predicted octanol–water partition coefficient (Wildman–Crippen LogP) is 8.12.